The smallest absolute Gasteiger partial charge is 0.326 e. The standard InChI is InChI=1S/C11H13N3O5/c1-2-9(10(15)16)13-11(17)12-7-3-5-8(6-4-7)14(18)19/h3-6,9H,2H2,1H3,(H,15,16)(H2,12,13,17). The molecule has 19 heavy (non-hydrogen) atoms. The maximum Gasteiger partial charge on any atom is 0.326 e. The van der Waals surface area contributed by atoms with Crippen molar-refractivity contribution in [3.05, 3.63) is 34.4 Å². The van der Waals surface area contributed by atoms with E-state index in [1.807, 2.05) is 0 Å². The number of carbonyl (C=O) groups excluding carboxylic acids is 1. The van der Waals surface area contributed by atoms with Crippen LogP contribution in [-0.2, 0) is 4.79 Å². The maximum atomic E-state index is 11.5. The summed E-state index contributed by atoms with van der Waals surface area (Å²) < 4.78 is 0. The fourth-order valence-electron chi connectivity index (χ4n) is 1.33. The lowest BCUT2D eigenvalue weighted by molar-refractivity contribution is -0.384. The second-order valence-corrected chi connectivity index (χ2v) is 3.70. The number of hydrogen-bond donors (Lipinski definition) is 3. The lowest BCUT2D eigenvalue weighted by Crippen LogP contribution is -2.42. The zero-order valence-electron chi connectivity index (χ0n) is 10.1. The Morgan fingerprint density at radius 2 is 1.95 bits per heavy atom. The van der Waals surface area contributed by atoms with E-state index in [9.17, 15) is 19.7 Å². The van der Waals surface area contributed by atoms with Gasteiger partial charge in [0.2, 0.25) is 0 Å². The number of amides is 2. The monoisotopic (exact) mass is 267 g/mol. The quantitative estimate of drug-likeness (QED) is 0.552. The first-order valence-corrected chi connectivity index (χ1v) is 5.48. The number of non-ortho nitro benzene ring substituents is 1. The molecule has 0 aliphatic carbocycles. The van der Waals surface area contributed by atoms with Crippen molar-refractivity contribution in [1.82, 2.24) is 5.32 Å². The van der Waals surface area contributed by atoms with Gasteiger partial charge in [-0.05, 0) is 18.6 Å². The molecule has 0 saturated carbocycles. The van der Waals surface area contributed by atoms with Crippen molar-refractivity contribution in [3.8, 4) is 0 Å². The van der Waals surface area contributed by atoms with Crippen LogP contribution >= 0.6 is 0 Å². The number of nitrogens with zero attached hydrogens (tertiary/aromatic N) is 1. The first-order valence-electron chi connectivity index (χ1n) is 5.48. The van der Waals surface area contributed by atoms with Gasteiger partial charge in [-0.3, -0.25) is 10.1 Å². The van der Waals surface area contributed by atoms with Gasteiger partial charge in [0, 0.05) is 17.8 Å². The Morgan fingerprint density at radius 1 is 1.37 bits per heavy atom. The molecule has 1 aromatic rings. The molecule has 0 aliphatic heterocycles. The van der Waals surface area contributed by atoms with Crippen molar-refractivity contribution < 1.29 is 19.6 Å². The Hall–Kier alpha value is -2.64. The number of nitrogens with one attached hydrogen (secondary N) is 2. The third kappa shape index (κ3) is 4.26. The summed E-state index contributed by atoms with van der Waals surface area (Å²) in [5, 5.41) is 23.9. The molecular formula is C11H13N3O5. The molecule has 1 rings (SSSR count). The summed E-state index contributed by atoms with van der Waals surface area (Å²) in [4.78, 5) is 32.1. The molecule has 8 heteroatoms. The lowest BCUT2D eigenvalue weighted by Gasteiger charge is -2.12. The highest BCUT2D eigenvalue weighted by molar-refractivity contribution is 5.92. The van der Waals surface area contributed by atoms with Crippen molar-refractivity contribution in [1.29, 1.82) is 0 Å². The molecule has 0 aromatic heterocycles. The molecule has 0 saturated heterocycles. The third-order valence-corrected chi connectivity index (χ3v) is 2.35. The number of rotatable bonds is 5. The van der Waals surface area contributed by atoms with Crippen molar-refractivity contribution in [3.63, 3.8) is 0 Å². The Balaban J connectivity index is 2.61. The molecular weight excluding hydrogens is 254 g/mol. The fourth-order valence-corrected chi connectivity index (χ4v) is 1.33. The second-order valence-electron chi connectivity index (χ2n) is 3.70. The third-order valence-electron chi connectivity index (χ3n) is 2.35. The Kier molecular flexibility index (Phi) is 4.81. The normalized spacial score (nSPS) is 11.4. The lowest BCUT2D eigenvalue weighted by atomic mass is 10.2. The Labute approximate surface area is 108 Å². The second kappa shape index (κ2) is 6.34. The number of benzene rings is 1. The molecule has 8 nitrogen and oxygen atoms in total. The minimum absolute atomic E-state index is 0.0945. The zero-order valence-corrected chi connectivity index (χ0v) is 10.1. The van der Waals surface area contributed by atoms with Crippen molar-refractivity contribution in [2.75, 3.05) is 5.32 Å². The molecule has 1 unspecified atom stereocenters. The highest BCUT2D eigenvalue weighted by Gasteiger charge is 2.17. The van der Waals surface area contributed by atoms with Crippen LogP contribution in [0.4, 0.5) is 16.2 Å². The zero-order chi connectivity index (χ0) is 14.4. The molecule has 1 atom stereocenters. The van der Waals surface area contributed by atoms with E-state index in [1.165, 1.54) is 24.3 Å². The average molecular weight is 267 g/mol. The molecule has 3 N–H and O–H groups in total. The van der Waals surface area contributed by atoms with E-state index in [4.69, 9.17) is 5.11 Å². The van der Waals surface area contributed by atoms with Crippen LogP contribution in [0.3, 0.4) is 0 Å². The molecule has 0 spiro atoms. The van der Waals surface area contributed by atoms with E-state index in [1.54, 1.807) is 6.92 Å². The van der Waals surface area contributed by atoms with Crippen molar-refractivity contribution in [2.24, 2.45) is 0 Å². The van der Waals surface area contributed by atoms with Gasteiger partial charge >= 0.3 is 12.0 Å². The van der Waals surface area contributed by atoms with E-state index in [2.05, 4.69) is 10.6 Å². The Bertz CT molecular complexity index is 486. The molecule has 2 amide bonds. The number of carboxylic acid groups (broad SMARTS) is 1. The largest absolute Gasteiger partial charge is 0.480 e. The number of carbonyl (C=O) groups is 2. The summed E-state index contributed by atoms with van der Waals surface area (Å²) in [6.07, 6.45) is 0.253. The van der Waals surface area contributed by atoms with Gasteiger partial charge in [-0.15, -0.1) is 0 Å². The molecule has 0 bridgehead atoms. The van der Waals surface area contributed by atoms with Crippen LogP contribution in [0, 0.1) is 10.1 Å². The van der Waals surface area contributed by atoms with Crippen molar-refractivity contribution in [2.45, 2.75) is 19.4 Å². The first-order chi connectivity index (χ1) is 8.93. The maximum absolute atomic E-state index is 11.5. The van der Waals surface area contributed by atoms with Gasteiger partial charge in [-0.2, -0.15) is 0 Å². The van der Waals surface area contributed by atoms with Gasteiger partial charge in [-0.25, -0.2) is 9.59 Å². The van der Waals surface area contributed by atoms with Gasteiger partial charge in [-0.1, -0.05) is 6.92 Å². The predicted molar refractivity (Wildman–Crippen MR) is 67.0 cm³/mol. The number of hydrogen-bond acceptors (Lipinski definition) is 4. The fraction of sp³-hybridized carbons (Fsp3) is 0.273. The SMILES string of the molecule is CCC(NC(=O)Nc1ccc([N+](=O)[O-])cc1)C(=O)O. The van der Waals surface area contributed by atoms with Crippen molar-refractivity contribution >= 4 is 23.4 Å². The molecule has 102 valence electrons. The van der Waals surface area contributed by atoms with Gasteiger partial charge in [0.1, 0.15) is 6.04 Å². The van der Waals surface area contributed by atoms with E-state index < -0.39 is 23.0 Å². The first kappa shape index (κ1) is 14.4. The topological polar surface area (TPSA) is 122 Å². The Morgan fingerprint density at radius 3 is 2.37 bits per heavy atom. The molecule has 0 heterocycles. The van der Waals surface area contributed by atoms with Gasteiger partial charge in [0.25, 0.3) is 5.69 Å². The number of nitro groups is 1. The molecule has 0 aliphatic rings. The summed E-state index contributed by atoms with van der Waals surface area (Å²) in [5.41, 5.74) is 0.242. The van der Waals surface area contributed by atoms with Crippen LogP contribution in [-0.4, -0.2) is 28.1 Å². The van der Waals surface area contributed by atoms with Crippen LogP contribution in [0.1, 0.15) is 13.3 Å². The summed E-state index contributed by atoms with van der Waals surface area (Å²) in [7, 11) is 0. The summed E-state index contributed by atoms with van der Waals surface area (Å²) in [6, 6.07) is 3.55. The van der Waals surface area contributed by atoms with Gasteiger partial charge in [0.05, 0.1) is 4.92 Å². The number of aliphatic carboxylic acids is 1. The van der Waals surface area contributed by atoms with Gasteiger partial charge in [0.15, 0.2) is 0 Å². The number of nitro benzene ring substituents is 1. The van der Waals surface area contributed by atoms with E-state index in [0.717, 1.165) is 0 Å². The van der Waals surface area contributed by atoms with Gasteiger partial charge < -0.3 is 15.7 Å². The number of urea groups is 1. The predicted octanol–water partition coefficient (Wildman–Crippen LogP) is 1.58. The summed E-state index contributed by atoms with van der Waals surface area (Å²) in [5.74, 6) is -1.12. The molecule has 1 aromatic carbocycles. The van der Waals surface area contributed by atoms with Crippen LogP contribution in [0.25, 0.3) is 0 Å². The van der Waals surface area contributed by atoms with Crippen LogP contribution < -0.4 is 10.6 Å². The summed E-state index contributed by atoms with van der Waals surface area (Å²) in [6.45, 7) is 1.63. The minimum atomic E-state index is -1.12. The highest BCUT2D eigenvalue weighted by atomic mass is 16.6. The van der Waals surface area contributed by atoms with Crippen LogP contribution in [0.2, 0.25) is 0 Å². The van der Waals surface area contributed by atoms with E-state index in [-0.39, 0.29) is 12.1 Å². The molecule has 0 fully saturated rings. The van der Waals surface area contributed by atoms with E-state index in [0.29, 0.717) is 5.69 Å². The minimum Gasteiger partial charge on any atom is -0.480 e. The molecule has 0 radical (unpaired) electrons. The average Bonchev–Trinajstić information content (AvgIpc) is 2.36. The highest BCUT2D eigenvalue weighted by Crippen LogP contribution is 2.15. The van der Waals surface area contributed by atoms with E-state index >= 15 is 0 Å². The number of anilines is 1. The van der Waals surface area contributed by atoms with Crippen LogP contribution in [0.5, 0.6) is 0 Å². The van der Waals surface area contributed by atoms with Crippen LogP contribution in [0.15, 0.2) is 24.3 Å². The number of carboxylic acids is 1. The summed E-state index contributed by atoms with van der Waals surface area (Å²) >= 11 is 0.